The zero-order chi connectivity index (χ0) is 16.9. The average molecular weight is 314 g/mol. The maximum atomic E-state index is 12.7. The molecule has 126 valence electrons. The molecule has 3 nitrogen and oxygen atoms in total. The van der Waals surface area contributed by atoms with Crippen molar-refractivity contribution < 1.29 is 4.79 Å². The standard InChI is InChI=1S/C20H30N2O/c1-16(2)15-22(4)18-11-12-20(3,13-18)19(23)21-14-17-9-7-5-6-8-10-17/h5,7-10,16,18H,11-15H2,1-4H3,(H,21,23). The summed E-state index contributed by atoms with van der Waals surface area (Å²) in [5, 5.41) is 3.12. The smallest absolute Gasteiger partial charge is 0.226 e. The number of rotatable bonds is 6. The molecule has 0 aromatic heterocycles. The highest BCUT2D eigenvalue weighted by Crippen LogP contribution is 2.40. The number of carbonyl (C=O) groups excluding carboxylic acids is 1. The van der Waals surface area contributed by atoms with E-state index in [0.29, 0.717) is 18.5 Å². The van der Waals surface area contributed by atoms with Crippen LogP contribution in [0.25, 0.3) is 0 Å². The summed E-state index contributed by atoms with van der Waals surface area (Å²) in [6.07, 6.45) is 12.8. The summed E-state index contributed by atoms with van der Waals surface area (Å²) in [6.45, 7) is 8.29. The molecule has 1 saturated carbocycles. The molecule has 2 atom stereocenters. The minimum atomic E-state index is -0.237. The summed E-state index contributed by atoms with van der Waals surface area (Å²) in [7, 11) is 2.19. The molecule has 2 unspecified atom stereocenters. The van der Waals surface area contributed by atoms with Crippen molar-refractivity contribution in [1.82, 2.24) is 10.2 Å². The quantitative estimate of drug-likeness (QED) is 0.762. The van der Waals surface area contributed by atoms with Crippen LogP contribution in [0, 0.1) is 11.3 Å². The highest BCUT2D eigenvalue weighted by Gasteiger charge is 2.42. The van der Waals surface area contributed by atoms with Crippen LogP contribution in [0.2, 0.25) is 0 Å². The van der Waals surface area contributed by atoms with Crippen molar-refractivity contribution in [2.24, 2.45) is 11.3 Å². The molecule has 2 rings (SSSR count). The Hall–Kier alpha value is -1.57. The van der Waals surface area contributed by atoms with Crippen LogP contribution in [0.3, 0.4) is 0 Å². The largest absolute Gasteiger partial charge is 0.352 e. The summed E-state index contributed by atoms with van der Waals surface area (Å²) >= 11 is 0. The van der Waals surface area contributed by atoms with Gasteiger partial charge in [0.15, 0.2) is 0 Å². The second kappa shape index (κ2) is 7.81. The first-order valence-corrected chi connectivity index (χ1v) is 8.67. The Morgan fingerprint density at radius 3 is 3.00 bits per heavy atom. The SMILES string of the molecule is CC(C)CN(C)C1CCC(C)(C(=O)NCC2=CC=C=CC=C2)C1. The molecule has 0 radical (unpaired) electrons. The Balaban J connectivity index is 1.87. The number of nitrogens with one attached hydrogen (secondary N) is 1. The van der Waals surface area contributed by atoms with E-state index in [9.17, 15) is 4.79 Å². The van der Waals surface area contributed by atoms with E-state index in [4.69, 9.17) is 0 Å². The number of allylic oxidation sites excluding steroid dienone is 3. The van der Waals surface area contributed by atoms with Gasteiger partial charge < -0.3 is 10.2 Å². The molecule has 0 aromatic rings. The number of hydrogen-bond donors (Lipinski definition) is 1. The van der Waals surface area contributed by atoms with E-state index in [1.807, 2.05) is 30.4 Å². The predicted molar refractivity (Wildman–Crippen MR) is 96.1 cm³/mol. The minimum absolute atomic E-state index is 0.188. The highest BCUT2D eigenvalue weighted by atomic mass is 16.2. The van der Waals surface area contributed by atoms with E-state index in [2.05, 4.69) is 43.8 Å². The first-order chi connectivity index (χ1) is 10.9. The summed E-state index contributed by atoms with van der Waals surface area (Å²) in [6, 6.07) is 0.525. The van der Waals surface area contributed by atoms with E-state index in [0.717, 1.165) is 31.4 Å². The second-order valence-corrected chi connectivity index (χ2v) is 7.57. The van der Waals surface area contributed by atoms with Gasteiger partial charge in [0.2, 0.25) is 5.91 Å². The average Bonchev–Trinajstić information content (AvgIpc) is 2.73. The van der Waals surface area contributed by atoms with E-state index >= 15 is 0 Å². The van der Waals surface area contributed by atoms with Crippen LogP contribution < -0.4 is 5.32 Å². The molecule has 1 fully saturated rings. The molecule has 23 heavy (non-hydrogen) atoms. The number of carbonyl (C=O) groups is 1. The van der Waals surface area contributed by atoms with Gasteiger partial charge in [-0.3, -0.25) is 4.79 Å². The zero-order valence-corrected chi connectivity index (χ0v) is 14.9. The number of nitrogens with zero attached hydrogens (tertiary/aromatic N) is 1. The third-order valence-corrected chi connectivity index (χ3v) is 4.89. The van der Waals surface area contributed by atoms with Gasteiger partial charge in [0.05, 0.1) is 0 Å². The molecule has 2 aliphatic rings. The maximum Gasteiger partial charge on any atom is 0.226 e. The minimum Gasteiger partial charge on any atom is -0.352 e. The first kappa shape index (κ1) is 17.8. The Labute approximate surface area is 140 Å². The topological polar surface area (TPSA) is 32.3 Å². The van der Waals surface area contributed by atoms with Crippen LogP contribution in [0.15, 0.2) is 41.7 Å². The fourth-order valence-corrected chi connectivity index (χ4v) is 3.52. The molecule has 1 amide bonds. The lowest BCUT2D eigenvalue weighted by molar-refractivity contribution is -0.129. The van der Waals surface area contributed by atoms with Gasteiger partial charge in [-0.2, -0.15) is 0 Å². The lowest BCUT2D eigenvalue weighted by Gasteiger charge is -2.28. The van der Waals surface area contributed by atoms with Crippen molar-refractivity contribution in [3.8, 4) is 0 Å². The molecule has 0 heterocycles. The van der Waals surface area contributed by atoms with E-state index in [-0.39, 0.29) is 11.3 Å². The molecule has 0 bridgehead atoms. The monoisotopic (exact) mass is 314 g/mol. The van der Waals surface area contributed by atoms with Gasteiger partial charge in [-0.15, -0.1) is 5.73 Å². The van der Waals surface area contributed by atoms with Gasteiger partial charge in [0.25, 0.3) is 0 Å². The van der Waals surface area contributed by atoms with Crippen LogP contribution in [-0.2, 0) is 4.79 Å². The molecular formula is C20H30N2O. The summed E-state index contributed by atoms with van der Waals surface area (Å²) < 4.78 is 0. The third kappa shape index (κ3) is 4.95. The van der Waals surface area contributed by atoms with Crippen molar-refractivity contribution in [2.75, 3.05) is 20.1 Å². The Morgan fingerprint density at radius 2 is 2.26 bits per heavy atom. The summed E-state index contributed by atoms with van der Waals surface area (Å²) in [5.41, 5.74) is 3.90. The van der Waals surface area contributed by atoms with Crippen molar-refractivity contribution in [3.63, 3.8) is 0 Å². The third-order valence-electron chi connectivity index (χ3n) is 4.89. The molecular weight excluding hydrogens is 284 g/mol. The fourth-order valence-electron chi connectivity index (χ4n) is 3.52. The molecule has 2 aliphatic carbocycles. The van der Waals surface area contributed by atoms with E-state index < -0.39 is 0 Å². The van der Waals surface area contributed by atoms with Gasteiger partial charge in [0.1, 0.15) is 0 Å². The molecule has 0 aromatic carbocycles. The summed E-state index contributed by atoms with van der Waals surface area (Å²) in [5.74, 6) is 0.852. The number of hydrogen-bond acceptors (Lipinski definition) is 2. The fraction of sp³-hybridized carbons (Fsp3) is 0.600. The van der Waals surface area contributed by atoms with Crippen LogP contribution in [-0.4, -0.2) is 37.0 Å². The lowest BCUT2D eigenvalue weighted by Crippen LogP contribution is -2.40. The van der Waals surface area contributed by atoms with Gasteiger partial charge in [0, 0.05) is 24.5 Å². The zero-order valence-electron chi connectivity index (χ0n) is 14.9. The van der Waals surface area contributed by atoms with Gasteiger partial charge in [-0.1, -0.05) is 32.9 Å². The molecule has 0 aliphatic heterocycles. The van der Waals surface area contributed by atoms with Crippen molar-refractivity contribution >= 4 is 5.91 Å². The highest BCUT2D eigenvalue weighted by molar-refractivity contribution is 5.83. The predicted octanol–water partition coefficient (Wildman–Crippen LogP) is 3.46. The molecule has 3 heteroatoms. The van der Waals surface area contributed by atoms with Crippen LogP contribution in [0.1, 0.15) is 40.0 Å². The number of amides is 1. The van der Waals surface area contributed by atoms with Gasteiger partial charge in [-0.25, -0.2) is 0 Å². The Morgan fingerprint density at radius 1 is 1.48 bits per heavy atom. The maximum absolute atomic E-state index is 12.7. The second-order valence-electron chi connectivity index (χ2n) is 7.57. The van der Waals surface area contributed by atoms with Crippen molar-refractivity contribution in [3.05, 3.63) is 41.7 Å². The van der Waals surface area contributed by atoms with Crippen LogP contribution >= 0.6 is 0 Å². The molecule has 1 N–H and O–H groups in total. The van der Waals surface area contributed by atoms with Crippen LogP contribution in [0.5, 0.6) is 0 Å². The lowest BCUT2D eigenvalue weighted by atomic mass is 9.87. The first-order valence-electron chi connectivity index (χ1n) is 8.67. The van der Waals surface area contributed by atoms with Crippen LogP contribution in [0.4, 0.5) is 0 Å². The van der Waals surface area contributed by atoms with E-state index in [1.54, 1.807) is 0 Å². The molecule has 0 spiro atoms. The van der Waals surface area contributed by atoms with Gasteiger partial charge >= 0.3 is 0 Å². The molecule has 0 saturated heterocycles. The van der Waals surface area contributed by atoms with Gasteiger partial charge in [-0.05, 0) is 56.0 Å². The van der Waals surface area contributed by atoms with Crippen molar-refractivity contribution in [2.45, 2.75) is 46.1 Å². The normalized spacial score (nSPS) is 26.7. The van der Waals surface area contributed by atoms with E-state index in [1.165, 1.54) is 0 Å². The Bertz CT molecular complexity index is 552. The summed E-state index contributed by atoms with van der Waals surface area (Å²) in [4.78, 5) is 15.1. The Kier molecular flexibility index (Phi) is 6.04. The van der Waals surface area contributed by atoms with Crippen molar-refractivity contribution in [1.29, 1.82) is 0 Å².